The van der Waals surface area contributed by atoms with E-state index in [1.165, 1.54) is 10.5 Å². The maximum absolute atomic E-state index is 4.49. The van der Waals surface area contributed by atoms with Gasteiger partial charge in [-0.1, -0.05) is 26.0 Å². The quantitative estimate of drug-likeness (QED) is 0.831. The summed E-state index contributed by atoms with van der Waals surface area (Å²) in [5, 5.41) is 6.77. The van der Waals surface area contributed by atoms with Gasteiger partial charge in [0.05, 0.1) is 0 Å². The van der Waals surface area contributed by atoms with Gasteiger partial charge in [0.1, 0.15) is 10.8 Å². The summed E-state index contributed by atoms with van der Waals surface area (Å²) in [6, 6.07) is 8.62. The highest BCUT2D eigenvalue weighted by Crippen LogP contribution is 2.29. The molecule has 0 aliphatic heterocycles. The molecule has 0 radical (unpaired) electrons. The monoisotopic (exact) mass is 264 g/mol. The van der Waals surface area contributed by atoms with Crippen molar-refractivity contribution in [3.05, 3.63) is 29.6 Å². The van der Waals surface area contributed by atoms with Crippen molar-refractivity contribution >= 4 is 28.9 Å². The number of hydrogen-bond acceptors (Lipinski definition) is 4. The largest absolute Gasteiger partial charge is 0.372 e. The molecule has 1 aromatic carbocycles. The van der Waals surface area contributed by atoms with E-state index < -0.39 is 0 Å². The van der Waals surface area contributed by atoms with E-state index in [0.29, 0.717) is 5.25 Å². The fourth-order valence-corrected chi connectivity index (χ4v) is 3.12. The molecule has 0 unspecified atom stereocenters. The molecule has 1 heterocycles. The Morgan fingerprint density at radius 1 is 1.24 bits per heavy atom. The minimum Gasteiger partial charge on any atom is -0.372 e. The molecule has 0 saturated heterocycles. The molecular weight excluding hydrogens is 248 g/mol. The van der Waals surface area contributed by atoms with Crippen molar-refractivity contribution in [3.8, 4) is 10.6 Å². The van der Waals surface area contributed by atoms with Crippen molar-refractivity contribution in [1.29, 1.82) is 0 Å². The van der Waals surface area contributed by atoms with Crippen LogP contribution in [-0.2, 0) is 0 Å². The summed E-state index contributed by atoms with van der Waals surface area (Å²) < 4.78 is 0. The first-order chi connectivity index (χ1) is 8.19. The van der Waals surface area contributed by atoms with E-state index in [9.17, 15) is 0 Å². The molecule has 0 spiro atoms. The van der Waals surface area contributed by atoms with Crippen molar-refractivity contribution in [2.24, 2.45) is 0 Å². The molecular formula is C13H16N2S2. The number of rotatable bonds is 4. The number of nitrogens with one attached hydrogen (secondary N) is 1. The lowest BCUT2D eigenvalue weighted by Crippen LogP contribution is -1.87. The van der Waals surface area contributed by atoms with E-state index in [0.717, 1.165) is 10.8 Å². The standard InChI is InChI=1S/C13H16N2S2/c1-9(2)17-11-6-4-10(5-7-11)13-15-12(14-3)8-16-13/h4-9,14H,1-3H3. The van der Waals surface area contributed by atoms with Crippen molar-refractivity contribution in [2.75, 3.05) is 12.4 Å². The smallest absolute Gasteiger partial charge is 0.137 e. The molecule has 0 fully saturated rings. The predicted molar refractivity (Wildman–Crippen MR) is 78.1 cm³/mol. The Kier molecular flexibility index (Phi) is 4.07. The summed E-state index contributed by atoms with van der Waals surface area (Å²) in [4.78, 5) is 5.80. The van der Waals surface area contributed by atoms with Gasteiger partial charge in [-0.15, -0.1) is 23.1 Å². The van der Waals surface area contributed by atoms with Crippen molar-refractivity contribution in [3.63, 3.8) is 0 Å². The van der Waals surface area contributed by atoms with Crippen molar-refractivity contribution in [2.45, 2.75) is 24.0 Å². The Bertz CT molecular complexity index is 474. The Morgan fingerprint density at radius 3 is 2.47 bits per heavy atom. The van der Waals surface area contributed by atoms with Crippen molar-refractivity contribution in [1.82, 2.24) is 4.98 Å². The van der Waals surface area contributed by atoms with E-state index in [1.807, 2.05) is 24.2 Å². The van der Waals surface area contributed by atoms with Crippen LogP contribution in [0.4, 0.5) is 5.82 Å². The predicted octanol–water partition coefficient (Wildman–Crippen LogP) is 4.35. The molecule has 1 N–H and O–H groups in total. The molecule has 0 aliphatic rings. The molecule has 0 aliphatic carbocycles. The lowest BCUT2D eigenvalue weighted by Gasteiger charge is -2.04. The third-order valence-corrected chi connectivity index (χ3v) is 4.14. The van der Waals surface area contributed by atoms with Crippen LogP contribution in [0.15, 0.2) is 34.5 Å². The first kappa shape index (κ1) is 12.5. The zero-order valence-electron chi connectivity index (χ0n) is 10.2. The minimum absolute atomic E-state index is 0.622. The normalized spacial score (nSPS) is 10.8. The SMILES string of the molecule is CNc1csc(-c2ccc(SC(C)C)cc2)n1. The molecule has 0 atom stereocenters. The number of aromatic nitrogens is 1. The van der Waals surface area contributed by atoms with Gasteiger partial charge < -0.3 is 5.32 Å². The van der Waals surface area contributed by atoms with E-state index in [2.05, 4.69) is 48.4 Å². The first-order valence-electron chi connectivity index (χ1n) is 5.59. The van der Waals surface area contributed by atoms with Gasteiger partial charge in [-0.05, 0) is 12.1 Å². The average Bonchev–Trinajstić information content (AvgIpc) is 2.78. The molecule has 4 heteroatoms. The number of hydrogen-bond donors (Lipinski definition) is 1. The minimum atomic E-state index is 0.622. The van der Waals surface area contributed by atoms with Crippen LogP contribution in [-0.4, -0.2) is 17.3 Å². The van der Waals surface area contributed by atoms with Gasteiger partial charge in [0.2, 0.25) is 0 Å². The van der Waals surface area contributed by atoms with Crippen LogP contribution in [0.2, 0.25) is 0 Å². The lowest BCUT2D eigenvalue weighted by atomic mass is 10.2. The number of nitrogens with zero attached hydrogens (tertiary/aromatic N) is 1. The summed E-state index contributed by atoms with van der Waals surface area (Å²) in [5.74, 6) is 0.936. The van der Waals surface area contributed by atoms with Crippen molar-refractivity contribution < 1.29 is 0 Å². The van der Waals surface area contributed by atoms with Gasteiger partial charge in [-0.2, -0.15) is 0 Å². The average molecular weight is 264 g/mol. The zero-order chi connectivity index (χ0) is 12.3. The van der Waals surface area contributed by atoms with Gasteiger partial charge in [-0.25, -0.2) is 4.98 Å². The van der Waals surface area contributed by atoms with Gasteiger partial charge in [0, 0.05) is 28.1 Å². The Labute approximate surface area is 110 Å². The Balaban J connectivity index is 2.17. The zero-order valence-corrected chi connectivity index (χ0v) is 11.9. The second-order valence-electron chi connectivity index (χ2n) is 3.98. The third-order valence-electron chi connectivity index (χ3n) is 2.23. The second kappa shape index (κ2) is 5.56. The second-order valence-corrected chi connectivity index (χ2v) is 6.49. The molecule has 0 saturated carbocycles. The molecule has 0 bridgehead atoms. The fraction of sp³-hybridized carbons (Fsp3) is 0.308. The number of thiazole rings is 1. The molecule has 90 valence electrons. The number of anilines is 1. The van der Waals surface area contributed by atoms with E-state index in [4.69, 9.17) is 0 Å². The molecule has 2 nitrogen and oxygen atoms in total. The van der Waals surface area contributed by atoms with E-state index in [1.54, 1.807) is 11.3 Å². The van der Waals surface area contributed by atoms with Gasteiger partial charge in [0.25, 0.3) is 0 Å². The summed E-state index contributed by atoms with van der Waals surface area (Å²) in [5.41, 5.74) is 1.18. The van der Waals surface area contributed by atoms with Gasteiger partial charge in [-0.3, -0.25) is 0 Å². The van der Waals surface area contributed by atoms with Crippen LogP contribution >= 0.6 is 23.1 Å². The van der Waals surface area contributed by atoms with Gasteiger partial charge >= 0.3 is 0 Å². The fourth-order valence-electron chi connectivity index (χ4n) is 1.47. The van der Waals surface area contributed by atoms with Crippen LogP contribution in [0.1, 0.15) is 13.8 Å². The molecule has 17 heavy (non-hydrogen) atoms. The highest BCUT2D eigenvalue weighted by molar-refractivity contribution is 7.99. The highest BCUT2D eigenvalue weighted by atomic mass is 32.2. The van der Waals surface area contributed by atoms with Crippen LogP contribution in [0.3, 0.4) is 0 Å². The van der Waals surface area contributed by atoms with Crippen LogP contribution in [0.25, 0.3) is 10.6 Å². The Hall–Kier alpha value is -1.00. The van der Waals surface area contributed by atoms with E-state index >= 15 is 0 Å². The molecule has 1 aromatic heterocycles. The van der Waals surface area contributed by atoms with E-state index in [-0.39, 0.29) is 0 Å². The summed E-state index contributed by atoms with van der Waals surface area (Å²) >= 11 is 3.55. The van der Waals surface area contributed by atoms with Crippen LogP contribution in [0, 0.1) is 0 Å². The lowest BCUT2D eigenvalue weighted by molar-refractivity contribution is 1.11. The highest BCUT2D eigenvalue weighted by Gasteiger charge is 2.04. The maximum atomic E-state index is 4.49. The van der Waals surface area contributed by atoms with Crippen LogP contribution in [0.5, 0.6) is 0 Å². The molecule has 2 aromatic rings. The van der Waals surface area contributed by atoms with Crippen LogP contribution < -0.4 is 5.32 Å². The summed E-state index contributed by atoms with van der Waals surface area (Å²) in [6.07, 6.45) is 0. The topological polar surface area (TPSA) is 24.9 Å². The summed E-state index contributed by atoms with van der Waals surface area (Å²) in [7, 11) is 1.89. The first-order valence-corrected chi connectivity index (χ1v) is 7.35. The molecule has 2 rings (SSSR count). The molecule has 0 amide bonds. The number of thioether (sulfide) groups is 1. The van der Waals surface area contributed by atoms with Gasteiger partial charge in [0.15, 0.2) is 0 Å². The maximum Gasteiger partial charge on any atom is 0.137 e. The number of benzene rings is 1. The Morgan fingerprint density at radius 2 is 1.94 bits per heavy atom. The summed E-state index contributed by atoms with van der Waals surface area (Å²) in [6.45, 7) is 4.41. The third kappa shape index (κ3) is 3.23.